The van der Waals surface area contributed by atoms with E-state index in [1.807, 2.05) is 30.3 Å². The van der Waals surface area contributed by atoms with Crippen LogP contribution in [0.5, 0.6) is 0 Å². The number of hydrogen-bond acceptors (Lipinski definition) is 2. The maximum absolute atomic E-state index is 14.6. The first-order valence-corrected chi connectivity index (χ1v) is 9.12. The van der Waals surface area contributed by atoms with E-state index in [0.29, 0.717) is 12.1 Å². The van der Waals surface area contributed by atoms with Crippen molar-refractivity contribution in [2.24, 2.45) is 0 Å². The summed E-state index contributed by atoms with van der Waals surface area (Å²) in [4.78, 5) is 1.76. The summed E-state index contributed by atoms with van der Waals surface area (Å²) in [5, 5.41) is 10.3. The highest BCUT2D eigenvalue weighted by Crippen LogP contribution is 2.37. The zero-order valence-electron chi connectivity index (χ0n) is 15.8. The fourth-order valence-electron chi connectivity index (χ4n) is 3.26. The average molecular weight is 403 g/mol. The molecular weight excluding hydrogens is 382 g/mol. The number of rotatable bonds is 6. The summed E-state index contributed by atoms with van der Waals surface area (Å²) in [6.07, 6.45) is -5.23. The Kier molecular flexibility index (Phi) is 6.35. The lowest BCUT2D eigenvalue weighted by Gasteiger charge is -2.21. The molecule has 3 aromatic carbocycles. The highest BCUT2D eigenvalue weighted by atomic mass is 19.4. The smallest absolute Gasteiger partial charge is 0.387 e. The van der Waals surface area contributed by atoms with Crippen LogP contribution in [0.2, 0.25) is 0 Å². The lowest BCUT2D eigenvalue weighted by atomic mass is 9.98. The third-order valence-corrected chi connectivity index (χ3v) is 4.71. The van der Waals surface area contributed by atoms with Crippen molar-refractivity contribution in [3.63, 3.8) is 0 Å². The van der Waals surface area contributed by atoms with Crippen molar-refractivity contribution in [2.75, 3.05) is 13.6 Å². The molecule has 1 atom stereocenters. The van der Waals surface area contributed by atoms with Gasteiger partial charge < -0.3 is 5.11 Å². The molecule has 6 heteroatoms. The second kappa shape index (κ2) is 8.76. The number of hydrogen-bond donors (Lipinski definition) is 1. The molecule has 152 valence electrons. The average Bonchev–Trinajstić information content (AvgIpc) is 2.69. The van der Waals surface area contributed by atoms with Gasteiger partial charge in [-0.3, -0.25) is 4.90 Å². The van der Waals surface area contributed by atoms with Crippen molar-refractivity contribution in [3.05, 3.63) is 95.3 Å². The standard InChI is InChI=1S/C23H21F4NO/c1-28(15-22(29)16-7-3-2-4-8-16)14-18-12-11-17(13-21(18)24)19-9-5-6-10-20(19)23(25,26)27/h2-13,22,29H,14-15H2,1H3. The number of alkyl halides is 3. The van der Waals surface area contributed by atoms with E-state index in [4.69, 9.17) is 0 Å². The zero-order chi connectivity index (χ0) is 21.0. The number of nitrogens with zero attached hydrogens (tertiary/aromatic N) is 1. The highest BCUT2D eigenvalue weighted by molar-refractivity contribution is 5.68. The van der Waals surface area contributed by atoms with Crippen LogP contribution >= 0.6 is 0 Å². The Balaban J connectivity index is 1.75. The van der Waals surface area contributed by atoms with E-state index in [1.54, 1.807) is 11.9 Å². The minimum absolute atomic E-state index is 0.0571. The monoisotopic (exact) mass is 403 g/mol. The van der Waals surface area contributed by atoms with Crippen LogP contribution in [0.25, 0.3) is 11.1 Å². The quantitative estimate of drug-likeness (QED) is 0.536. The van der Waals surface area contributed by atoms with E-state index in [-0.39, 0.29) is 17.7 Å². The number of likely N-dealkylation sites (N-methyl/N-ethyl adjacent to an activating group) is 1. The fourth-order valence-corrected chi connectivity index (χ4v) is 3.26. The van der Waals surface area contributed by atoms with Crippen LogP contribution in [0, 0.1) is 5.82 Å². The summed E-state index contributed by atoms with van der Waals surface area (Å²) in [6.45, 7) is 0.513. The topological polar surface area (TPSA) is 23.5 Å². The first kappa shape index (κ1) is 21.0. The lowest BCUT2D eigenvalue weighted by Crippen LogP contribution is -2.24. The Morgan fingerprint density at radius 3 is 2.24 bits per heavy atom. The Labute approximate surface area is 167 Å². The van der Waals surface area contributed by atoms with Gasteiger partial charge in [-0.05, 0) is 35.9 Å². The van der Waals surface area contributed by atoms with Gasteiger partial charge in [0.15, 0.2) is 0 Å². The van der Waals surface area contributed by atoms with Gasteiger partial charge >= 0.3 is 6.18 Å². The SMILES string of the molecule is CN(Cc1ccc(-c2ccccc2C(F)(F)F)cc1F)CC(O)c1ccccc1. The third kappa shape index (κ3) is 5.22. The van der Waals surface area contributed by atoms with Gasteiger partial charge in [0.05, 0.1) is 11.7 Å². The molecule has 3 rings (SSSR count). The minimum Gasteiger partial charge on any atom is -0.387 e. The molecule has 0 aromatic heterocycles. The van der Waals surface area contributed by atoms with Crippen LogP contribution < -0.4 is 0 Å². The molecule has 0 saturated carbocycles. The van der Waals surface area contributed by atoms with Gasteiger partial charge in [-0.15, -0.1) is 0 Å². The summed E-state index contributed by atoms with van der Waals surface area (Å²) in [7, 11) is 1.75. The van der Waals surface area contributed by atoms with Crippen molar-refractivity contribution in [1.82, 2.24) is 4.90 Å². The van der Waals surface area contributed by atoms with Crippen molar-refractivity contribution < 1.29 is 22.7 Å². The van der Waals surface area contributed by atoms with Gasteiger partial charge in [0.25, 0.3) is 0 Å². The van der Waals surface area contributed by atoms with Crippen LogP contribution in [-0.2, 0) is 12.7 Å². The number of aliphatic hydroxyl groups is 1. The van der Waals surface area contributed by atoms with E-state index in [1.165, 1.54) is 30.3 Å². The van der Waals surface area contributed by atoms with Crippen molar-refractivity contribution in [2.45, 2.75) is 18.8 Å². The third-order valence-electron chi connectivity index (χ3n) is 4.71. The molecule has 0 spiro atoms. The second-order valence-electron chi connectivity index (χ2n) is 6.97. The maximum atomic E-state index is 14.6. The largest absolute Gasteiger partial charge is 0.417 e. The molecule has 29 heavy (non-hydrogen) atoms. The summed E-state index contributed by atoms with van der Waals surface area (Å²) in [5.74, 6) is -0.583. The molecule has 0 bridgehead atoms. The van der Waals surface area contributed by atoms with Crippen LogP contribution in [0.4, 0.5) is 17.6 Å². The predicted molar refractivity (Wildman–Crippen MR) is 105 cm³/mol. The first-order valence-electron chi connectivity index (χ1n) is 9.12. The Hall–Kier alpha value is -2.70. The molecule has 1 N–H and O–H groups in total. The summed E-state index contributed by atoms with van der Waals surface area (Å²) in [6, 6.07) is 18.4. The van der Waals surface area contributed by atoms with E-state index >= 15 is 0 Å². The Morgan fingerprint density at radius 1 is 0.931 bits per heavy atom. The number of benzene rings is 3. The molecule has 0 fully saturated rings. The number of halogens is 4. The van der Waals surface area contributed by atoms with Crippen molar-refractivity contribution in [3.8, 4) is 11.1 Å². The second-order valence-corrected chi connectivity index (χ2v) is 6.97. The van der Waals surface area contributed by atoms with Crippen molar-refractivity contribution in [1.29, 1.82) is 0 Å². The van der Waals surface area contributed by atoms with Gasteiger partial charge in [0.1, 0.15) is 5.82 Å². The van der Waals surface area contributed by atoms with Crippen LogP contribution in [-0.4, -0.2) is 23.6 Å². The van der Waals surface area contributed by atoms with Crippen LogP contribution in [0.15, 0.2) is 72.8 Å². The minimum atomic E-state index is -4.51. The molecule has 0 saturated heterocycles. The van der Waals surface area contributed by atoms with E-state index in [9.17, 15) is 22.7 Å². The fraction of sp³-hybridized carbons (Fsp3) is 0.217. The molecule has 0 aliphatic heterocycles. The van der Waals surface area contributed by atoms with Gasteiger partial charge in [0, 0.05) is 18.7 Å². The summed E-state index contributed by atoms with van der Waals surface area (Å²) in [5.41, 5.74) is 0.430. The molecule has 0 aliphatic carbocycles. The van der Waals surface area contributed by atoms with Crippen LogP contribution in [0.3, 0.4) is 0 Å². The van der Waals surface area contributed by atoms with E-state index < -0.39 is 23.7 Å². The van der Waals surface area contributed by atoms with Crippen LogP contribution in [0.1, 0.15) is 22.8 Å². The van der Waals surface area contributed by atoms with Gasteiger partial charge in [0.2, 0.25) is 0 Å². The Morgan fingerprint density at radius 2 is 1.59 bits per heavy atom. The molecule has 0 radical (unpaired) electrons. The van der Waals surface area contributed by atoms with Gasteiger partial charge in [-0.1, -0.05) is 60.7 Å². The molecule has 0 aliphatic rings. The molecule has 0 amide bonds. The molecule has 2 nitrogen and oxygen atoms in total. The summed E-state index contributed by atoms with van der Waals surface area (Å²) < 4.78 is 54.3. The van der Waals surface area contributed by atoms with Gasteiger partial charge in [-0.25, -0.2) is 4.39 Å². The zero-order valence-corrected chi connectivity index (χ0v) is 15.8. The number of aliphatic hydroxyl groups excluding tert-OH is 1. The van der Waals surface area contributed by atoms with E-state index in [0.717, 1.165) is 17.7 Å². The van der Waals surface area contributed by atoms with Gasteiger partial charge in [-0.2, -0.15) is 13.2 Å². The van der Waals surface area contributed by atoms with Crippen molar-refractivity contribution >= 4 is 0 Å². The predicted octanol–water partition coefficient (Wildman–Crippen LogP) is 5.68. The first-order chi connectivity index (χ1) is 13.8. The summed E-state index contributed by atoms with van der Waals surface area (Å²) >= 11 is 0. The molecule has 1 unspecified atom stereocenters. The lowest BCUT2D eigenvalue weighted by molar-refractivity contribution is -0.137. The maximum Gasteiger partial charge on any atom is 0.417 e. The normalized spacial score (nSPS) is 12.9. The Bertz CT molecular complexity index is 957. The highest BCUT2D eigenvalue weighted by Gasteiger charge is 2.33. The molecule has 0 heterocycles. The molecular formula is C23H21F4NO. The molecule has 3 aromatic rings. The van der Waals surface area contributed by atoms with E-state index in [2.05, 4.69) is 0 Å².